The second kappa shape index (κ2) is 6.12. The molecular weight excluding hydrogens is 332 g/mol. The van der Waals surface area contributed by atoms with Crippen LogP contribution in [0.15, 0.2) is 29.8 Å². The van der Waals surface area contributed by atoms with Crippen LogP contribution in [0.1, 0.15) is 17.9 Å². The lowest BCUT2D eigenvalue weighted by Gasteiger charge is -2.34. The summed E-state index contributed by atoms with van der Waals surface area (Å²) in [6.45, 7) is 2.73. The third-order valence-corrected chi connectivity index (χ3v) is 5.59. The number of halogens is 2. The molecule has 7 heteroatoms. The fourth-order valence-corrected chi connectivity index (χ4v) is 4.07. The Bertz CT molecular complexity index is 724. The van der Waals surface area contributed by atoms with Gasteiger partial charge in [0.2, 0.25) is 5.91 Å². The van der Waals surface area contributed by atoms with Crippen LogP contribution in [0.5, 0.6) is 0 Å². The highest BCUT2D eigenvalue weighted by atomic mass is 32.1. The van der Waals surface area contributed by atoms with Crippen molar-refractivity contribution in [2.45, 2.75) is 12.3 Å². The van der Waals surface area contributed by atoms with Gasteiger partial charge in [-0.2, -0.15) is 0 Å². The van der Waals surface area contributed by atoms with Crippen LogP contribution < -0.4 is 4.90 Å². The standard InChI is InChI=1S/C17H17F2N3OS/c18-13-2-1-3-14(19)15(13)11-10-12(11)16(23)21-5-7-22(8-6-21)17-20-4-9-24-17/h1-4,9,11-12H,5-8,10H2/t11-,12+/m0/s1. The van der Waals surface area contributed by atoms with Crippen LogP contribution in [0, 0.1) is 17.6 Å². The summed E-state index contributed by atoms with van der Waals surface area (Å²) in [6.07, 6.45) is 2.30. The molecule has 0 spiro atoms. The summed E-state index contributed by atoms with van der Waals surface area (Å²) in [5.41, 5.74) is 0.0669. The number of carbonyl (C=O) groups is 1. The molecule has 1 aromatic carbocycles. The molecule has 1 aliphatic carbocycles. The van der Waals surface area contributed by atoms with Gasteiger partial charge in [0.1, 0.15) is 11.6 Å². The molecule has 2 fully saturated rings. The summed E-state index contributed by atoms with van der Waals surface area (Å²) in [5.74, 6) is -1.70. The second-order valence-corrected chi connectivity index (χ2v) is 7.08. The fourth-order valence-electron chi connectivity index (χ4n) is 3.38. The van der Waals surface area contributed by atoms with Crippen LogP contribution in [-0.2, 0) is 4.79 Å². The average Bonchev–Trinajstić information content (AvgIpc) is 3.16. The molecule has 1 saturated carbocycles. The molecule has 4 rings (SSSR count). The van der Waals surface area contributed by atoms with Crippen molar-refractivity contribution >= 4 is 22.4 Å². The zero-order chi connectivity index (χ0) is 16.7. The summed E-state index contributed by atoms with van der Waals surface area (Å²) in [5, 5.41) is 2.91. The zero-order valence-corrected chi connectivity index (χ0v) is 13.8. The number of aromatic nitrogens is 1. The van der Waals surface area contributed by atoms with Gasteiger partial charge < -0.3 is 9.80 Å². The number of thiazole rings is 1. The molecule has 2 aromatic rings. The fraction of sp³-hybridized carbons (Fsp3) is 0.412. The highest BCUT2D eigenvalue weighted by molar-refractivity contribution is 7.13. The molecule has 0 bridgehead atoms. The Morgan fingerprint density at radius 2 is 1.88 bits per heavy atom. The summed E-state index contributed by atoms with van der Waals surface area (Å²) in [6, 6.07) is 3.86. The maximum absolute atomic E-state index is 13.9. The molecule has 2 aliphatic rings. The highest BCUT2D eigenvalue weighted by Crippen LogP contribution is 2.50. The lowest BCUT2D eigenvalue weighted by molar-refractivity contribution is -0.133. The van der Waals surface area contributed by atoms with Crippen molar-refractivity contribution in [2.75, 3.05) is 31.1 Å². The van der Waals surface area contributed by atoms with Gasteiger partial charge in [-0.1, -0.05) is 6.07 Å². The smallest absolute Gasteiger partial charge is 0.226 e. The number of piperazine rings is 1. The average molecular weight is 349 g/mol. The minimum atomic E-state index is -0.552. The molecule has 0 N–H and O–H groups in total. The maximum Gasteiger partial charge on any atom is 0.226 e. The molecule has 0 unspecified atom stereocenters. The molecular formula is C17H17F2N3OS. The van der Waals surface area contributed by atoms with Gasteiger partial charge in [-0.05, 0) is 18.6 Å². The number of benzene rings is 1. The van der Waals surface area contributed by atoms with E-state index in [0.29, 0.717) is 19.5 Å². The first kappa shape index (κ1) is 15.5. The second-order valence-electron chi connectivity index (χ2n) is 6.21. The first-order valence-corrected chi connectivity index (χ1v) is 8.90. The van der Waals surface area contributed by atoms with Crippen LogP contribution >= 0.6 is 11.3 Å². The Hall–Kier alpha value is -2.02. The normalized spacial score (nSPS) is 23.4. The van der Waals surface area contributed by atoms with Crippen LogP contribution in [0.3, 0.4) is 0 Å². The van der Waals surface area contributed by atoms with Crippen LogP contribution in [0.4, 0.5) is 13.9 Å². The van der Waals surface area contributed by atoms with Gasteiger partial charge >= 0.3 is 0 Å². The predicted molar refractivity (Wildman–Crippen MR) is 88.1 cm³/mol. The SMILES string of the molecule is O=C([C@@H]1C[C@@H]1c1c(F)cccc1F)N1CCN(c2nccs2)CC1. The molecule has 1 saturated heterocycles. The van der Waals surface area contributed by atoms with E-state index in [9.17, 15) is 13.6 Å². The van der Waals surface area contributed by atoms with E-state index in [2.05, 4.69) is 9.88 Å². The zero-order valence-electron chi connectivity index (χ0n) is 13.0. The topological polar surface area (TPSA) is 36.4 Å². The van der Waals surface area contributed by atoms with Gasteiger partial charge in [0.15, 0.2) is 5.13 Å². The summed E-state index contributed by atoms with van der Waals surface area (Å²) in [7, 11) is 0. The van der Waals surface area contributed by atoms with E-state index in [0.717, 1.165) is 18.2 Å². The third-order valence-electron chi connectivity index (χ3n) is 4.76. The molecule has 1 aliphatic heterocycles. The maximum atomic E-state index is 13.9. The number of nitrogens with zero attached hydrogens (tertiary/aromatic N) is 3. The van der Waals surface area contributed by atoms with Gasteiger partial charge in [-0.25, -0.2) is 13.8 Å². The Labute approximate surface area is 142 Å². The molecule has 4 nitrogen and oxygen atoms in total. The van der Waals surface area contributed by atoms with Crippen molar-refractivity contribution in [2.24, 2.45) is 5.92 Å². The molecule has 126 valence electrons. The molecule has 24 heavy (non-hydrogen) atoms. The van der Waals surface area contributed by atoms with Crippen LogP contribution in [0.25, 0.3) is 0 Å². The van der Waals surface area contributed by atoms with Crippen LogP contribution in [0.2, 0.25) is 0 Å². The predicted octanol–water partition coefficient (Wildman–Crippen LogP) is 2.87. The Morgan fingerprint density at radius 3 is 2.50 bits per heavy atom. The van der Waals surface area contributed by atoms with E-state index in [4.69, 9.17) is 0 Å². The first-order valence-electron chi connectivity index (χ1n) is 8.02. The van der Waals surface area contributed by atoms with E-state index in [-0.39, 0.29) is 23.3 Å². The summed E-state index contributed by atoms with van der Waals surface area (Å²) >= 11 is 1.59. The lowest BCUT2D eigenvalue weighted by atomic mass is 10.1. The van der Waals surface area contributed by atoms with Gasteiger partial charge in [0, 0.05) is 55.2 Å². The molecule has 2 heterocycles. The van der Waals surface area contributed by atoms with Crippen LogP contribution in [-0.4, -0.2) is 42.0 Å². The first-order chi connectivity index (χ1) is 11.6. The van der Waals surface area contributed by atoms with Gasteiger partial charge in [0.25, 0.3) is 0 Å². The van der Waals surface area contributed by atoms with E-state index in [1.165, 1.54) is 18.2 Å². The number of carbonyl (C=O) groups excluding carboxylic acids is 1. The van der Waals surface area contributed by atoms with Crippen molar-refractivity contribution in [3.63, 3.8) is 0 Å². The van der Waals surface area contributed by atoms with E-state index in [1.807, 2.05) is 10.3 Å². The number of hydrogen-bond acceptors (Lipinski definition) is 4. The molecule has 0 radical (unpaired) electrons. The molecule has 2 atom stereocenters. The molecule has 1 amide bonds. The minimum absolute atomic E-state index is 0.0152. The van der Waals surface area contributed by atoms with E-state index >= 15 is 0 Å². The van der Waals surface area contributed by atoms with Crippen molar-refractivity contribution < 1.29 is 13.6 Å². The van der Waals surface area contributed by atoms with Gasteiger partial charge in [-0.15, -0.1) is 11.3 Å². The largest absolute Gasteiger partial charge is 0.345 e. The quantitative estimate of drug-likeness (QED) is 0.855. The van der Waals surface area contributed by atoms with E-state index < -0.39 is 11.6 Å². The lowest BCUT2D eigenvalue weighted by Crippen LogP contribution is -2.49. The van der Waals surface area contributed by atoms with Crippen molar-refractivity contribution in [1.82, 2.24) is 9.88 Å². The molecule has 1 aromatic heterocycles. The van der Waals surface area contributed by atoms with Gasteiger partial charge in [-0.3, -0.25) is 4.79 Å². The number of anilines is 1. The minimum Gasteiger partial charge on any atom is -0.345 e. The Kier molecular flexibility index (Phi) is 3.96. The van der Waals surface area contributed by atoms with Gasteiger partial charge in [0.05, 0.1) is 0 Å². The Morgan fingerprint density at radius 1 is 1.17 bits per heavy atom. The summed E-state index contributed by atoms with van der Waals surface area (Å²) in [4.78, 5) is 20.9. The number of rotatable bonds is 3. The van der Waals surface area contributed by atoms with Crippen molar-refractivity contribution in [3.05, 3.63) is 47.0 Å². The monoisotopic (exact) mass is 349 g/mol. The number of amides is 1. The Balaban J connectivity index is 1.38. The third kappa shape index (κ3) is 2.77. The van der Waals surface area contributed by atoms with E-state index in [1.54, 1.807) is 17.5 Å². The summed E-state index contributed by atoms with van der Waals surface area (Å²) < 4.78 is 27.7. The highest BCUT2D eigenvalue weighted by Gasteiger charge is 2.48. The van der Waals surface area contributed by atoms with Crippen molar-refractivity contribution in [1.29, 1.82) is 0 Å². The number of hydrogen-bond donors (Lipinski definition) is 0. The van der Waals surface area contributed by atoms with Crippen molar-refractivity contribution in [3.8, 4) is 0 Å².